The average molecular weight is 175 g/mol. The summed E-state index contributed by atoms with van der Waals surface area (Å²) in [5, 5.41) is 3.37. The van der Waals surface area contributed by atoms with Gasteiger partial charge in [-0.2, -0.15) is 0 Å². The van der Waals surface area contributed by atoms with Crippen LogP contribution in [0, 0.1) is 13.8 Å². The van der Waals surface area contributed by atoms with Gasteiger partial charge in [-0.25, -0.2) is 0 Å². The van der Waals surface area contributed by atoms with Gasteiger partial charge in [0, 0.05) is 6.04 Å². The summed E-state index contributed by atoms with van der Waals surface area (Å²) in [6, 6.07) is 5.21. The SMILES string of the molecule is CNC1CCc2c(C)cc(C)cc21. The van der Waals surface area contributed by atoms with Gasteiger partial charge in [0.05, 0.1) is 0 Å². The minimum atomic E-state index is 0.591. The lowest BCUT2D eigenvalue weighted by molar-refractivity contribution is 0.590. The maximum atomic E-state index is 3.37. The summed E-state index contributed by atoms with van der Waals surface area (Å²) in [6.07, 6.45) is 2.50. The van der Waals surface area contributed by atoms with E-state index in [1.54, 1.807) is 5.56 Å². The van der Waals surface area contributed by atoms with Crippen molar-refractivity contribution in [2.24, 2.45) is 0 Å². The highest BCUT2D eigenvalue weighted by molar-refractivity contribution is 5.43. The van der Waals surface area contributed by atoms with E-state index in [2.05, 4.69) is 38.3 Å². The summed E-state index contributed by atoms with van der Waals surface area (Å²) in [6.45, 7) is 4.40. The van der Waals surface area contributed by atoms with Crippen molar-refractivity contribution >= 4 is 0 Å². The lowest BCUT2D eigenvalue weighted by Gasteiger charge is -2.11. The summed E-state index contributed by atoms with van der Waals surface area (Å²) >= 11 is 0. The summed E-state index contributed by atoms with van der Waals surface area (Å²) in [5.74, 6) is 0. The van der Waals surface area contributed by atoms with Gasteiger partial charge in [-0.05, 0) is 50.4 Å². The molecule has 2 rings (SSSR count). The topological polar surface area (TPSA) is 12.0 Å². The maximum Gasteiger partial charge on any atom is 0.0323 e. The van der Waals surface area contributed by atoms with Gasteiger partial charge in [-0.15, -0.1) is 0 Å². The highest BCUT2D eigenvalue weighted by atomic mass is 14.9. The van der Waals surface area contributed by atoms with Gasteiger partial charge >= 0.3 is 0 Å². The lowest BCUT2D eigenvalue weighted by atomic mass is 10.0. The zero-order valence-electron chi connectivity index (χ0n) is 8.65. The van der Waals surface area contributed by atoms with Crippen molar-refractivity contribution < 1.29 is 0 Å². The molecule has 1 heteroatoms. The molecule has 1 nitrogen and oxygen atoms in total. The van der Waals surface area contributed by atoms with Crippen LogP contribution in [-0.2, 0) is 6.42 Å². The molecule has 1 aliphatic carbocycles. The van der Waals surface area contributed by atoms with Crippen LogP contribution in [0.25, 0.3) is 0 Å². The van der Waals surface area contributed by atoms with Gasteiger partial charge in [-0.3, -0.25) is 0 Å². The Morgan fingerprint density at radius 2 is 2.08 bits per heavy atom. The van der Waals surface area contributed by atoms with E-state index in [4.69, 9.17) is 0 Å². The van der Waals surface area contributed by atoms with Crippen LogP contribution in [0.1, 0.15) is 34.7 Å². The maximum absolute atomic E-state index is 3.37. The van der Waals surface area contributed by atoms with E-state index in [1.165, 1.54) is 29.5 Å². The second-order valence-electron chi connectivity index (χ2n) is 4.03. The predicted molar refractivity (Wildman–Crippen MR) is 56.0 cm³/mol. The number of hydrogen-bond acceptors (Lipinski definition) is 1. The molecule has 0 fully saturated rings. The zero-order chi connectivity index (χ0) is 9.42. The molecule has 0 bridgehead atoms. The van der Waals surface area contributed by atoms with Crippen molar-refractivity contribution in [3.05, 3.63) is 34.4 Å². The van der Waals surface area contributed by atoms with E-state index < -0.39 is 0 Å². The number of nitrogens with one attached hydrogen (secondary N) is 1. The average Bonchev–Trinajstić information content (AvgIpc) is 2.47. The highest BCUT2D eigenvalue weighted by Crippen LogP contribution is 2.33. The Bertz CT molecular complexity index is 328. The van der Waals surface area contributed by atoms with Crippen LogP contribution < -0.4 is 5.32 Å². The molecule has 1 atom stereocenters. The van der Waals surface area contributed by atoms with E-state index in [9.17, 15) is 0 Å². The second-order valence-corrected chi connectivity index (χ2v) is 4.03. The molecular weight excluding hydrogens is 158 g/mol. The monoisotopic (exact) mass is 175 g/mol. The molecule has 0 spiro atoms. The molecule has 1 N–H and O–H groups in total. The normalized spacial score (nSPS) is 20.4. The molecule has 0 aliphatic heterocycles. The third-order valence-corrected chi connectivity index (χ3v) is 3.06. The fourth-order valence-corrected chi connectivity index (χ4v) is 2.43. The summed E-state index contributed by atoms with van der Waals surface area (Å²) < 4.78 is 0. The molecule has 0 aromatic heterocycles. The van der Waals surface area contributed by atoms with Crippen LogP contribution in [0.5, 0.6) is 0 Å². The Hall–Kier alpha value is -0.820. The summed E-state index contributed by atoms with van der Waals surface area (Å²) in [4.78, 5) is 0. The smallest absolute Gasteiger partial charge is 0.0323 e. The Labute approximate surface area is 80.2 Å². The van der Waals surface area contributed by atoms with E-state index >= 15 is 0 Å². The number of benzene rings is 1. The van der Waals surface area contributed by atoms with E-state index in [-0.39, 0.29) is 0 Å². The summed E-state index contributed by atoms with van der Waals surface area (Å²) in [5.41, 5.74) is 5.95. The Balaban J connectivity index is 2.51. The van der Waals surface area contributed by atoms with Crippen LogP contribution >= 0.6 is 0 Å². The van der Waals surface area contributed by atoms with Gasteiger partial charge in [0.15, 0.2) is 0 Å². The molecule has 1 aromatic rings. The predicted octanol–water partition coefficient (Wildman–Crippen LogP) is 2.51. The molecule has 1 aliphatic rings. The van der Waals surface area contributed by atoms with Crippen molar-refractivity contribution in [1.82, 2.24) is 5.32 Å². The third-order valence-electron chi connectivity index (χ3n) is 3.06. The minimum absolute atomic E-state index is 0.591. The standard InChI is InChI=1S/C12H17N/c1-8-6-9(2)10-4-5-12(13-3)11(10)7-8/h6-7,12-13H,4-5H2,1-3H3. The largest absolute Gasteiger partial charge is 0.313 e. The van der Waals surface area contributed by atoms with Crippen molar-refractivity contribution in [3.8, 4) is 0 Å². The quantitative estimate of drug-likeness (QED) is 0.691. The van der Waals surface area contributed by atoms with Crippen LogP contribution in [0.4, 0.5) is 0 Å². The van der Waals surface area contributed by atoms with Gasteiger partial charge in [0.1, 0.15) is 0 Å². The van der Waals surface area contributed by atoms with Crippen LogP contribution in [0.15, 0.2) is 12.1 Å². The Kier molecular flexibility index (Phi) is 2.12. The number of rotatable bonds is 1. The van der Waals surface area contributed by atoms with Gasteiger partial charge in [0.2, 0.25) is 0 Å². The molecule has 0 saturated carbocycles. The van der Waals surface area contributed by atoms with E-state index in [1.807, 2.05) is 0 Å². The van der Waals surface area contributed by atoms with E-state index in [0.29, 0.717) is 6.04 Å². The van der Waals surface area contributed by atoms with Crippen LogP contribution in [0.2, 0.25) is 0 Å². The second kappa shape index (κ2) is 3.15. The first kappa shape index (κ1) is 8.76. The number of fused-ring (bicyclic) bond motifs is 1. The molecular formula is C12H17N. The first-order valence-corrected chi connectivity index (χ1v) is 4.99. The summed E-state index contributed by atoms with van der Waals surface area (Å²) in [7, 11) is 2.05. The highest BCUT2D eigenvalue weighted by Gasteiger charge is 2.22. The van der Waals surface area contributed by atoms with E-state index in [0.717, 1.165) is 0 Å². The molecule has 0 saturated heterocycles. The molecule has 0 amide bonds. The molecule has 1 aromatic carbocycles. The Morgan fingerprint density at radius 3 is 2.77 bits per heavy atom. The molecule has 1 unspecified atom stereocenters. The fraction of sp³-hybridized carbons (Fsp3) is 0.500. The zero-order valence-corrected chi connectivity index (χ0v) is 8.65. The van der Waals surface area contributed by atoms with Crippen molar-refractivity contribution in [1.29, 1.82) is 0 Å². The van der Waals surface area contributed by atoms with Gasteiger partial charge in [-0.1, -0.05) is 17.7 Å². The van der Waals surface area contributed by atoms with Crippen LogP contribution in [-0.4, -0.2) is 7.05 Å². The number of hydrogen-bond donors (Lipinski definition) is 1. The minimum Gasteiger partial charge on any atom is -0.313 e. The molecule has 0 radical (unpaired) electrons. The molecule has 13 heavy (non-hydrogen) atoms. The Morgan fingerprint density at radius 1 is 1.31 bits per heavy atom. The first-order chi connectivity index (χ1) is 6.22. The van der Waals surface area contributed by atoms with Crippen molar-refractivity contribution in [2.75, 3.05) is 7.05 Å². The molecule has 0 heterocycles. The third kappa shape index (κ3) is 1.37. The van der Waals surface area contributed by atoms with Crippen molar-refractivity contribution in [3.63, 3.8) is 0 Å². The van der Waals surface area contributed by atoms with Gasteiger partial charge < -0.3 is 5.32 Å². The fourth-order valence-electron chi connectivity index (χ4n) is 2.43. The number of aryl methyl sites for hydroxylation is 2. The van der Waals surface area contributed by atoms with Crippen LogP contribution in [0.3, 0.4) is 0 Å². The lowest BCUT2D eigenvalue weighted by Crippen LogP contribution is -2.12. The molecule has 70 valence electrons. The first-order valence-electron chi connectivity index (χ1n) is 4.99. The van der Waals surface area contributed by atoms with Crippen molar-refractivity contribution in [2.45, 2.75) is 32.7 Å². The van der Waals surface area contributed by atoms with Gasteiger partial charge in [0.25, 0.3) is 0 Å².